The number of likely N-dealkylation sites (tertiary alicyclic amines) is 1. The van der Waals surface area contributed by atoms with Gasteiger partial charge in [-0.15, -0.1) is 11.3 Å². The summed E-state index contributed by atoms with van der Waals surface area (Å²) in [7, 11) is 0. The number of thiophene rings is 1. The minimum Gasteiger partial charge on any atom is -0.494 e. The van der Waals surface area contributed by atoms with Crippen molar-refractivity contribution in [1.29, 1.82) is 0 Å². The molecule has 2 atom stereocenters. The van der Waals surface area contributed by atoms with Gasteiger partial charge in [-0.25, -0.2) is 0 Å². The second kappa shape index (κ2) is 8.21. The predicted molar refractivity (Wildman–Crippen MR) is 101 cm³/mol. The summed E-state index contributed by atoms with van der Waals surface area (Å²) in [5, 5.41) is 9.42. The number of carboxylic acid groups (broad SMARTS) is 1. The lowest BCUT2D eigenvalue weighted by Crippen LogP contribution is -2.41. The minimum atomic E-state index is -0.709. The Balaban J connectivity index is 1.91. The summed E-state index contributed by atoms with van der Waals surface area (Å²) in [6.07, 6.45) is 1.64. The van der Waals surface area contributed by atoms with Gasteiger partial charge in [-0.05, 0) is 56.1 Å². The first-order valence-corrected chi connectivity index (χ1v) is 9.72. The lowest BCUT2D eigenvalue weighted by atomic mass is 9.94. The lowest BCUT2D eigenvalue weighted by Gasteiger charge is -2.37. The lowest BCUT2D eigenvalue weighted by molar-refractivity contribution is -0.143. The topological polar surface area (TPSA) is 49.8 Å². The molecule has 2 unspecified atom stereocenters. The van der Waals surface area contributed by atoms with E-state index in [0.717, 1.165) is 39.9 Å². The van der Waals surface area contributed by atoms with Gasteiger partial charge in [0.05, 0.1) is 22.9 Å². The molecule has 1 aromatic carbocycles. The summed E-state index contributed by atoms with van der Waals surface area (Å²) in [5.74, 6) is -0.176. The molecule has 4 nitrogen and oxygen atoms in total. The van der Waals surface area contributed by atoms with E-state index in [9.17, 15) is 9.90 Å². The van der Waals surface area contributed by atoms with E-state index in [4.69, 9.17) is 16.3 Å². The summed E-state index contributed by atoms with van der Waals surface area (Å²) in [5.41, 5.74) is 1.13. The molecule has 1 saturated heterocycles. The van der Waals surface area contributed by atoms with Gasteiger partial charge in [0.15, 0.2) is 0 Å². The molecule has 0 aliphatic carbocycles. The number of piperidine rings is 1. The molecule has 0 radical (unpaired) electrons. The zero-order chi connectivity index (χ0) is 17.8. The molecular weight excluding hydrogens is 358 g/mol. The highest BCUT2D eigenvalue weighted by molar-refractivity contribution is 7.16. The Morgan fingerprint density at radius 3 is 2.72 bits per heavy atom. The fourth-order valence-corrected chi connectivity index (χ4v) is 4.61. The highest BCUT2D eigenvalue weighted by Gasteiger charge is 2.32. The highest BCUT2D eigenvalue weighted by atomic mass is 35.5. The van der Waals surface area contributed by atoms with Crippen LogP contribution in [0.3, 0.4) is 0 Å². The molecular formula is C19H22ClNO3S. The molecule has 1 fully saturated rings. The van der Waals surface area contributed by atoms with Crippen LogP contribution in [0.1, 0.15) is 36.2 Å². The van der Waals surface area contributed by atoms with Gasteiger partial charge in [0, 0.05) is 11.4 Å². The second-order valence-corrected chi connectivity index (χ2v) is 7.97. The maximum absolute atomic E-state index is 11.5. The standard InChI is InChI=1S/C19H22ClNO3S/c1-2-24-15-7-5-13(6-8-15)18(16-9-10-17(20)25-16)21-11-3-4-14(12-21)19(22)23/h5-10,14,18H,2-4,11-12H2,1H3,(H,22,23). The Morgan fingerprint density at radius 2 is 2.12 bits per heavy atom. The number of aliphatic carboxylic acids is 1. The van der Waals surface area contributed by atoms with Crippen molar-refractivity contribution in [2.75, 3.05) is 19.7 Å². The quantitative estimate of drug-likeness (QED) is 0.791. The maximum atomic E-state index is 11.5. The smallest absolute Gasteiger partial charge is 0.307 e. The number of rotatable bonds is 6. The SMILES string of the molecule is CCOc1ccc(C(c2ccc(Cl)s2)N2CCCC(C(=O)O)C2)cc1. The van der Waals surface area contributed by atoms with Crippen LogP contribution in [0.25, 0.3) is 0 Å². The van der Waals surface area contributed by atoms with Crippen molar-refractivity contribution in [2.45, 2.75) is 25.8 Å². The van der Waals surface area contributed by atoms with Crippen LogP contribution in [0, 0.1) is 5.92 Å². The predicted octanol–water partition coefficient (Wildman–Crippen LogP) is 4.69. The van der Waals surface area contributed by atoms with E-state index in [0.29, 0.717) is 13.2 Å². The van der Waals surface area contributed by atoms with Crippen LogP contribution >= 0.6 is 22.9 Å². The number of hydrogen-bond acceptors (Lipinski definition) is 4. The normalized spacial score (nSPS) is 19.5. The van der Waals surface area contributed by atoms with E-state index in [-0.39, 0.29) is 12.0 Å². The van der Waals surface area contributed by atoms with Gasteiger partial charge in [0.25, 0.3) is 0 Å². The minimum absolute atomic E-state index is 0.0235. The van der Waals surface area contributed by atoms with Crippen molar-refractivity contribution in [3.63, 3.8) is 0 Å². The number of carboxylic acids is 1. The molecule has 2 aromatic rings. The number of nitrogens with zero attached hydrogens (tertiary/aromatic N) is 1. The fraction of sp³-hybridized carbons (Fsp3) is 0.421. The molecule has 2 heterocycles. The molecule has 0 saturated carbocycles. The Morgan fingerprint density at radius 1 is 1.36 bits per heavy atom. The molecule has 0 bridgehead atoms. The third-order valence-corrected chi connectivity index (χ3v) is 5.82. The summed E-state index contributed by atoms with van der Waals surface area (Å²) in [6, 6.07) is 12.0. The molecule has 1 aromatic heterocycles. The molecule has 0 amide bonds. The molecule has 3 rings (SSSR count). The summed E-state index contributed by atoms with van der Waals surface area (Å²) >= 11 is 7.72. The Hall–Kier alpha value is -1.56. The molecule has 134 valence electrons. The van der Waals surface area contributed by atoms with Gasteiger partial charge in [-0.3, -0.25) is 9.69 Å². The van der Waals surface area contributed by atoms with Crippen LogP contribution in [0.5, 0.6) is 5.75 Å². The average Bonchev–Trinajstić information content (AvgIpc) is 3.03. The van der Waals surface area contributed by atoms with Crippen molar-refractivity contribution < 1.29 is 14.6 Å². The largest absolute Gasteiger partial charge is 0.494 e. The first-order chi connectivity index (χ1) is 12.1. The van der Waals surface area contributed by atoms with Gasteiger partial charge in [0.2, 0.25) is 0 Å². The molecule has 0 spiro atoms. The Bertz CT molecular complexity index is 716. The van der Waals surface area contributed by atoms with E-state index in [1.165, 1.54) is 0 Å². The van der Waals surface area contributed by atoms with E-state index >= 15 is 0 Å². The number of halogens is 1. The fourth-order valence-electron chi connectivity index (χ4n) is 3.39. The zero-order valence-electron chi connectivity index (χ0n) is 14.2. The first kappa shape index (κ1) is 18.2. The molecule has 1 aliphatic heterocycles. The monoisotopic (exact) mass is 379 g/mol. The highest BCUT2D eigenvalue weighted by Crippen LogP contribution is 2.38. The average molecular weight is 380 g/mol. The maximum Gasteiger partial charge on any atom is 0.307 e. The van der Waals surface area contributed by atoms with Crippen LogP contribution in [-0.4, -0.2) is 35.7 Å². The van der Waals surface area contributed by atoms with E-state index in [1.54, 1.807) is 11.3 Å². The van der Waals surface area contributed by atoms with Gasteiger partial charge in [-0.2, -0.15) is 0 Å². The van der Waals surface area contributed by atoms with Crippen molar-refractivity contribution >= 4 is 28.9 Å². The Kier molecular flexibility index (Phi) is 5.99. The number of benzene rings is 1. The summed E-state index contributed by atoms with van der Waals surface area (Å²) in [6.45, 7) is 4.04. The first-order valence-electron chi connectivity index (χ1n) is 8.53. The van der Waals surface area contributed by atoms with Crippen molar-refractivity contribution in [3.8, 4) is 5.75 Å². The van der Waals surface area contributed by atoms with Crippen molar-refractivity contribution in [3.05, 3.63) is 51.2 Å². The Labute approximate surface area is 157 Å². The van der Waals surface area contributed by atoms with Gasteiger partial charge in [0.1, 0.15) is 5.75 Å². The van der Waals surface area contributed by atoms with Crippen LogP contribution in [0.15, 0.2) is 36.4 Å². The second-order valence-electron chi connectivity index (χ2n) is 6.22. The zero-order valence-corrected chi connectivity index (χ0v) is 15.7. The van der Waals surface area contributed by atoms with Crippen molar-refractivity contribution in [1.82, 2.24) is 4.90 Å². The van der Waals surface area contributed by atoms with E-state index < -0.39 is 5.97 Å². The summed E-state index contributed by atoms with van der Waals surface area (Å²) in [4.78, 5) is 14.9. The van der Waals surface area contributed by atoms with Gasteiger partial charge in [-0.1, -0.05) is 23.7 Å². The number of ether oxygens (including phenoxy) is 1. The number of hydrogen-bond donors (Lipinski definition) is 1. The van der Waals surface area contributed by atoms with Crippen LogP contribution < -0.4 is 4.74 Å². The van der Waals surface area contributed by atoms with Gasteiger partial charge >= 0.3 is 5.97 Å². The third-order valence-electron chi connectivity index (χ3n) is 4.54. The summed E-state index contributed by atoms with van der Waals surface area (Å²) < 4.78 is 6.28. The van der Waals surface area contributed by atoms with Crippen LogP contribution in [-0.2, 0) is 4.79 Å². The third kappa shape index (κ3) is 4.35. The van der Waals surface area contributed by atoms with E-state index in [1.807, 2.05) is 31.2 Å². The molecule has 1 N–H and O–H groups in total. The number of carbonyl (C=O) groups is 1. The van der Waals surface area contributed by atoms with Crippen LogP contribution in [0.4, 0.5) is 0 Å². The molecule has 6 heteroatoms. The molecule has 25 heavy (non-hydrogen) atoms. The van der Waals surface area contributed by atoms with E-state index in [2.05, 4.69) is 17.0 Å². The van der Waals surface area contributed by atoms with Gasteiger partial charge < -0.3 is 9.84 Å². The van der Waals surface area contributed by atoms with Crippen molar-refractivity contribution in [2.24, 2.45) is 5.92 Å². The van der Waals surface area contributed by atoms with Crippen LogP contribution in [0.2, 0.25) is 4.34 Å². The molecule has 1 aliphatic rings.